The van der Waals surface area contributed by atoms with Crippen molar-refractivity contribution in [2.45, 2.75) is 31.5 Å². The van der Waals surface area contributed by atoms with Crippen LogP contribution in [0.25, 0.3) is 0 Å². The third-order valence-corrected chi connectivity index (χ3v) is 6.18. The summed E-state index contributed by atoms with van der Waals surface area (Å²) >= 11 is 0. The van der Waals surface area contributed by atoms with Crippen LogP contribution >= 0.6 is 0 Å². The van der Waals surface area contributed by atoms with E-state index in [1.807, 2.05) is 18.2 Å². The minimum atomic E-state index is -0.266. The molecule has 2 aromatic carbocycles. The zero-order valence-corrected chi connectivity index (χ0v) is 17.0. The van der Waals surface area contributed by atoms with Crippen molar-refractivity contribution in [3.05, 3.63) is 59.2 Å². The second-order valence-corrected chi connectivity index (χ2v) is 7.64. The summed E-state index contributed by atoms with van der Waals surface area (Å²) in [5.41, 5.74) is 3.37. The summed E-state index contributed by atoms with van der Waals surface area (Å²) in [5.74, 6) is 1.49. The summed E-state index contributed by atoms with van der Waals surface area (Å²) in [4.78, 5) is 0. The average Bonchev–Trinajstić information content (AvgIpc) is 3.31. The van der Waals surface area contributed by atoms with E-state index in [1.54, 1.807) is 14.2 Å². The molecule has 0 bridgehead atoms. The van der Waals surface area contributed by atoms with Gasteiger partial charge in [0.25, 0.3) is 0 Å². The molecule has 2 aromatic rings. The topological polar surface area (TPSA) is 60.7 Å². The first-order valence-electron chi connectivity index (χ1n) is 10.2. The van der Waals surface area contributed by atoms with Crippen molar-refractivity contribution in [3.8, 4) is 17.6 Å². The summed E-state index contributed by atoms with van der Waals surface area (Å²) in [6.45, 7) is 1.23. The molecule has 4 rings (SSSR count). The smallest absolute Gasteiger partial charge is 0.164 e. The molecule has 1 heterocycles. The number of hydrogen-bond acceptors (Lipinski definition) is 5. The number of nitrogens with zero attached hydrogens (tertiary/aromatic N) is 1. The minimum Gasteiger partial charge on any atom is -0.493 e. The van der Waals surface area contributed by atoms with Gasteiger partial charge in [-0.05, 0) is 42.4 Å². The van der Waals surface area contributed by atoms with Gasteiger partial charge in [0.05, 0.1) is 39.4 Å². The van der Waals surface area contributed by atoms with Crippen molar-refractivity contribution in [2.75, 3.05) is 27.4 Å². The van der Waals surface area contributed by atoms with Crippen LogP contribution in [-0.2, 0) is 22.3 Å². The maximum atomic E-state index is 10.2. The molecule has 1 saturated heterocycles. The number of rotatable bonds is 6. The van der Waals surface area contributed by atoms with Crippen LogP contribution in [0.3, 0.4) is 0 Å². The van der Waals surface area contributed by atoms with Crippen molar-refractivity contribution in [1.82, 2.24) is 0 Å². The Morgan fingerprint density at radius 2 is 1.83 bits per heavy atom. The zero-order valence-electron chi connectivity index (χ0n) is 17.0. The third kappa shape index (κ3) is 3.83. The molecule has 2 aliphatic rings. The predicted octanol–water partition coefficient (Wildman–Crippen LogP) is 4.11. The van der Waals surface area contributed by atoms with Crippen LogP contribution in [-0.4, -0.2) is 33.7 Å². The van der Waals surface area contributed by atoms with Gasteiger partial charge in [-0.1, -0.05) is 36.4 Å². The van der Waals surface area contributed by atoms with Gasteiger partial charge in [-0.2, -0.15) is 5.26 Å². The molecule has 1 fully saturated rings. The van der Waals surface area contributed by atoms with Gasteiger partial charge in [0.1, 0.15) is 0 Å². The Hall–Kier alpha value is -2.55. The van der Waals surface area contributed by atoms with Gasteiger partial charge in [0.15, 0.2) is 17.8 Å². The lowest BCUT2D eigenvalue weighted by atomic mass is 9.68. The lowest BCUT2D eigenvalue weighted by Gasteiger charge is -2.38. The molecule has 0 spiro atoms. The van der Waals surface area contributed by atoms with Crippen molar-refractivity contribution >= 4 is 0 Å². The van der Waals surface area contributed by atoms with Gasteiger partial charge in [-0.3, -0.25) is 0 Å². The first kappa shape index (κ1) is 19.8. The molecule has 0 radical (unpaired) electrons. The highest BCUT2D eigenvalue weighted by atomic mass is 16.7. The summed E-state index contributed by atoms with van der Waals surface area (Å²) in [5, 5.41) is 10.2. The Labute approximate surface area is 172 Å². The Morgan fingerprint density at radius 3 is 2.48 bits per heavy atom. The van der Waals surface area contributed by atoms with Crippen LogP contribution in [0.2, 0.25) is 0 Å². The molecular formula is C24H27NO4. The van der Waals surface area contributed by atoms with E-state index in [1.165, 1.54) is 5.56 Å². The fourth-order valence-electron chi connectivity index (χ4n) is 4.85. The summed E-state index contributed by atoms with van der Waals surface area (Å²) < 4.78 is 22.9. The van der Waals surface area contributed by atoms with Crippen molar-refractivity contribution in [3.63, 3.8) is 0 Å². The molecule has 29 heavy (non-hydrogen) atoms. The van der Waals surface area contributed by atoms with E-state index in [4.69, 9.17) is 18.9 Å². The highest BCUT2D eigenvalue weighted by molar-refractivity contribution is 5.54. The van der Waals surface area contributed by atoms with Crippen molar-refractivity contribution in [2.24, 2.45) is 11.8 Å². The highest BCUT2D eigenvalue weighted by Crippen LogP contribution is 2.47. The zero-order chi connectivity index (χ0) is 20.2. The lowest BCUT2D eigenvalue weighted by Crippen LogP contribution is -2.36. The molecule has 0 aromatic heterocycles. The number of hydrogen-bond donors (Lipinski definition) is 0. The maximum Gasteiger partial charge on any atom is 0.164 e. The first-order valence-corrected chi connectivity index (χ1v) is 10.2. The number of methoxy groups -OCH3 is 2. The second kappa shape index (κ2) is 8.86. The lowest BCUT2D eigenvalue weighted by molar-refractivity contribution is -0.102. The van der Waals surface area contributed by atoms with E-state index >= 15 is 0 Å². The van der Waals surface area contributed by atoms with Gasteiger partial charge < -0.3 is 18.9 Å². The Kier molecular flexibility index (Phi) is 6.03. The van der Waals surface area contributed by atoms with Gasteiger partial charge >= 0.3 is 0 Å². The van der Waals surface area contributed by atoms with Crippen LogP contribution in [0.5, 0.6) is 11.5 Å². The Morgan fingerprint density at radius 1 is 1.07 bits per heavy atom. The van der Waals surface area contributed by atoms with E-state index in [9.17, 15) is 5.26 Å². The van der Waals surface area contributed by atoms with Gasteiger partial charge in [0.2, 0.25) is 0 Å². The molecule has 152 valence electrons. The number of ether oxygens (including phenoxy) is 4. The predicted molar refractivity (Wildman–Crippen MR) is 109 cm³/mol. The third-order valence-electron chi connectivity index (χ3n) is 6.18. The SMILES string of the molecule is COc1ccc2c(c1OC)CCC(C(Cc1ccccc1)C1OCCO1)C2C#N. The van der Waals surface area contributed by atoms with E-state index < -0.39 is 0 Å². The van der Waals surface area contributed by atoms with Crippen LogP contribution in [0.4, 0.5) is 0 Å². The van der Waals surface area contributed by atoms with Gasteiger partial charge in [-0.25, -0.2) is 0 Å². The fourth-order valence-corrected chi connectivity index (χ4v) is 4.85. The fraction of sp³-hybridized carbons (Fsp3) is 0.458. The summed E-state index contributed by atoms with van der Waals surface area (Å²) in [6.07, 6.45) is 2.29. The van der Waals surface area contributed by atoms with Gasteiger partial charge in [0, 0.05) is 11.5 Å². The van der Waals surface area contributed by atoms with E-state index in [0.717, 1.165) is 36.1 Å². The second-order valence-electron chi connectivity index (χ2n) is 7.64. The largest absolute Gasteiger partial charge is 0.493 e. The number of fused-ring (bicyclic) bond motifs is 1. The Balaban J connectivity index is 1.69. The van der Waals surface area contributed by atoms with Crippen LogP contribution < -0.4 is 9.47 Å². The van der Waals surface area contributed by atoms with Crippen molar-refractivity contribution in [1.29, 1.82) is 5.26 Å². The maximum absolute atomic E-state index is 10.2. The van der Waals surface area contributed by atoms with E-state index in [0.29, 0.717) is 19.0 Å². The summed E-state index contributed by atoms with van der Waals surface area (Å²) in [6, 6.07) is 16.9. The normalized spacial score (nSPS) is 22.5. The Bertz CT molecular complexity index is 870. The molecule has 0 amide bonds. The monoisotopic (exact) mass is 393 g/mol. The molecule has 3 atom stereocenters. The van der Waals surface area contributed by atoms with Crippen LogP contribution in [0.15, 0.2) is 42.5 Å². The summed E-state index contributed by atoms with van der Waals surface area (Å²) in [7, 11) is 3.30. The van der Waals surface area contributed by atoms with E-state index in [2.05, 4.69) is 30.3 Å². The quantitative estimate of drug-likeness (QED) is 0.739. The average molecular weight is 393 g/mol. The van der Waals surface area contributed by atoms with Gasteiger partial charge in [-0.15, -0.1) is 0 Å². The molecule has 5 nitrogen and oxygen atoms in total. The minimum absolute atomic E-state index is 0.116. The van der Waals surface area contributed by atoms with E-state index in [-0.39, 0.29) is 24.0 Å². The molecule has 1 aliphatic carbocycles. The van der Waals surface area contributed by atoms with Crippen LogP contribution in [0.1, 0.15) is 29.0 Å². The standard InChI is InChI=1S/C24H27NO4/c1-26-22-11-10-17-19(23(22)27-2)9-8-18(21(17)15-25)20(24-28-12-13-29-24)14-16-6-4-3-5-7-16/h3-7,10-11,18,20-21,24H,8-9,12-14H2,1-2H3. The molecule has 0 saturated carbocycles. The molecular weight excluding hydrogens is 366 g/mol. The first-order chi connectivity index (χ1) is 14.3. The molecule has 0 N–H and O–H groups in total. The van der Waals surface area contributed by atoms with Crippen LogP contribution in [0, 0.1) is 23.2 Å². The molecule has 5 heteroatoms. The molecule has 1 aliphatic heterocycles. The molecule has 3 unspecified atom stereocenters. The number of nitriles is 1. The number of benzene rings is 2. The highest BCUT2D eigenvalue weighted by Gasteiger charge is 2.42. The van der Waals surface area contributed by atoms with Crippen molar-refractivity contribution < 1.29 is 18.9 Å².